The number of benzene rings is 4. The molecule has 0 radical (unpaired) electrons. The van der Waals surface area contributed by atoms with Crippen molar-refractivity contribution in [3.8, 4) is 5.75 Å². The predicted octanol–water partition coefficient (Wildman–Crippen LogP) is 6.73. The SMILES string of the molecule is COc1ccc(Cn2c(CCc3c[nH]c4ccccc34)nnc2[C@@H](Cc2c[nH]c3ccccc23)NC(=O)Cc2ccccc2)cc1. The van der Waals surface area contributed by atoms with E-state index >= 15 is 0 Å². The van der Waals surface area contributed by atoms with Crippen molar-refractivity contribution in [1.29, 1.82) is 0 Å². The zero-order valence-corrected chi connectivity index (χ0v) is 25.7. The fraction of sp³-hybridized carbons (Fsp3) is 0.184. The molecule has 0 unspecified atom stereocenters. The number of nitrogens with one attached hydrogen (secondary N) is 3. The van der Waals surface area contributed by atoms with Gasteiger partial charge in [0, 0.05) is 47.0 Å². The first-order valence-corrected chi connectivity index (χ1v) is 15.6. The fourth-order valence-electron chi connectivity index (χ4n) is 6.22. The Labute approximate surface area is 267 Å². The number of aryl methyl sites for hydroxylation is 2. The van der Waals surface area contributed by atoms with Gasteiger partial charge in [-0.15, -0.1) is 10.2 Å². The van der Waals surface area contributed by atoms with E-state index in [9.17, 15) is 4.79 Å². The molecule has 0 fully saturated rings. The van der Waals surface area contributed by atoms with Gasteiger partial charge in [-0.2, -0.15) is 0 Å². The molecule has 230 valence electrons. The van der Waals surface area contributed by atoms with Crippen molar-refractivity contribution in [2.45, 2.75) is 38.3 Å². The molecule has 1 atom stereocenters. The van der Waals surface area contributed by atoms with Crippen LogP contribution in [0.1, 0.15) is 39.9 Å². The second-order valence-electron chi connectivity index (χ2n) is 11.6. The zero-order chi connectivity index (χ0) is 31.3. The van der Waals surface area contributed by atoms with Crippen LogP contribution >= 0.6 is 0 Å². The van der Waals surface area contributed by atoms with Gasteiger partial charge in [0.1, 0.15) is 11.6 Å². The Morgan fingerprint density at radius 3 is 2.13 bits per heavy atom. The number of rotatable bonds is 12. The lowest BCUT2D eigenvalue weighted by Crippen LogP contribution is -2.33. The molecule has 0 saturated heterocycles. The van der Waals surface area contributed by atoms with Crippen molar-refractivity contribution >= 4 is 27.7 Å². The lowest BCUT2D eigenvalue weighted by atomic mass is 10.0. The summed E-state index contributed by atoms with van der Waals surface area (Å²) in [4.78, 5) is 20.3. The van der Waals surface area contributed by atoms with Crippen LogP contribution in [0, 0.1) is 0 Å². The van der Waals surface area contributed by atoms with E-state index in [0.717, 1.165) is 56.9 Å². The second kappa shape index (κ2) is 13.2. The van der Waals surface area contributed by atoms with E-state index in [-0.39, 0.29) is 12.3 Å². The first-order chi connectivity index (χ1) is 22.6. The highest BCUT2D eigenvalue weighted by molar-refractivity contribution is 5.84. The Morgan fingerprint density at radius 1 is 0.761 bits per heavy atom. The average Bonchev–Trinajstić information content (AvgIpc) is 3.81. The van der Waals surface area contributed by atoms with Gasteiger partial charge in [0.2, 0.25) is 5.91 Å². The number of methoxy groups -OCH3 is 1. The minimum absolute atomic E-state index is 0.0598. The number of carbonyl (C=O) groups is 1. The summed E-state index contributed by atoms with van der Waals surface area (Å²) in [6.07, 6.45) is 6.46. The van der Waals surface area contributed by atoms with Crippen molar-refractivity contribution in [3.05, 3.63) is 149 Å². The van der Waals surface area contributed by atoms with E-state index < -0.39 is 6.04 Å². The Hall–Kier alpha value is -5.63. The lowest BCUT2D eigenvalue weighted by molar-refractivity contribution is -0.121. The molecular formula is C38H36N6O2. The summed E-state index contributed by atoms with van der Waals surface area (Å²) in [7, 11) is 1.67. The van der Waals surface area contributed by atoms with E-state index in [1.807, 2.05) is 66.9 Å². The van der Waals surface area contributed by atoms with Crippen LogP contribution in [0.3, 0.4) is 0 Å². The van der Waals surface area contributed by atoms with Gasteiger partial charge in [0.15, 0.2) is 5.82 Å². The minimum atomic E-state index is -0.400. The number of H-pyrrole nitrogens is 2. The number of amides is 1. The maximum absolute atomic E-state index is 13.5. The van der Waals surface area contributed by atoms with E-state index in [4.69, 9.17) is 14.9 Å². The number of aromatic nitrogens is 5. The molecule has 0 spiro atoms. The average molecular weight is 609 g/mol. The highest BCUT2D eigenvalue weighted by Gasteiger charge is 2.25. The fourth-order valence-corrected chi connectivity index (χ4v) is 6.22. The molecule has 0 aliphatic heterocycles. The van der Waals surface area contributed by atoms with Crippen LogP contribution in [0.5, 0.6) is 5.75 Å². The van der Waals surface area contributed by atoms with E-state index in [1.54, 1.807) is 7.11 Å². The molecule has 46 heavy (non-hydrogen) atoms. The number of hydrogen-bond acceptors (Lipinski definition) is 4. The van der Waals surface area contributed by atoms with Gasteiger partial charge in [-0.1, -0.05) is 78.9 Å². The van der Waals surface area contributed by atoms with E-state index in [0.29, 0.717) is 19.4 Å². The molecule has 0 saturated carbocycles. The summed E-state index contributed by atoms with van der Waals surface area (Å²) < 4.78 is 7.59. The maximum atomic E-state index is 13.5. The van der Waals surface area contributed by atoms with Gasteiger partial charge in [0.25, 0.3) is 0 Å². The lowest BCUT2D eigenvalue weighted by Gasteiger charge is -2.20. The maximum Gasteiger partial charge on any atom is 0.225 e. The zero-order valence-electron chi connectivity index (χ0n) is 25.7. The van der Waals surface area contributed by atoms with Crippen molar-refractivity contribution < 1.29 is 9.53 Å². The normalized spacial score (nSPS) is 12.0. The number of aromatic amines is 2. The van der Waals surface area contributed by atoms with E-state index in [1.165, 1.54) is 10.9 Å². The van der Waals surface area contributed by atoms with Gasteiger partial charge >= 0.3 is 0 Å². The molecule has 8 heteroatoms. The minimum Gasteiger partial charge on any atom is -0.497 e. The monoisotopic (exact) mass is 608 g/mol. The Morgan fingerprint density at radius 2 is 1.41 bits per heavy atom. The molecule has 3 heterocycles. The Bertz CT molecular complexity index is 2070. The van der Waals surface area contributed by atoms with Crippen molar-refractivity contribution in [2.24, 2.45) is 0 Å². The molecule has 3 aromatic heterocycles. The quantitative estimate of drug-likeness (QED) is 0.143. The van der Waals surface area contributed by atoms with Crippen LogP contribution in [0.25, 0.3) is 21.8 Å². The van der Waals surface area contributed by atoms with Crippen molar-refractivity contribution in [2.75, 3.05) is 7.11 Å². The molecule has 8 nitrogen and oxygen atoms in total. The third kappa shape index (κ3) is 6.28. The summed E-state index contributed by atoms with van der Waals surface area (Å²) in [5.74, 6) is 2.35. The number of fused-ring (bicyclic) bond motifs is 2. The molecule has 7 aromatic rings. The van der Waals surface area contributed by atoms with Crippen LogP contribution in [0.15, 0.2) is 116 Å². The molecule has 1 amide bonds. The Balaban J connectivity index is 1.25. The first-order valence-electron chi connectivity index (χ1n) is 15.6. The first kappa shape index (κ1) is 29.1. The van der Waals surface area contributed by atoms with Crippen LogP contribution in [-0.2, 0) is 37.0 Å². The summed E-state index contributed by atoms with van der Waals surface area (Å²) in [6.45, 7) is 0.564. The number of hydrogen-bond donors (Lipinski definition) is 3. The molecular weight excluding hydrogens is 572 g/mol. The summed E-state index contributed by atoms with van der Waals surface area (Å²) in [5, 5.41) is 15.2. The van der Waals surface area contributed by atoms with Crippen molar-refractivity contribution in [3.63, 3.8) is 0 Å². The van der Waals surface area contributed by atoms with Crippen molar-refractivity contribution in [1.82, 2.24) is 30.0 Å². The Kier molecular flexibility index (Phi) is 8.32. The van der Waals surface area contributed by atoms with Gasteiger partial charge in [-0.3, -0.25) is 4.79 Å². The summed E-state index contributed by atoms with van der Waals surface area (Å²) in [6, 6.07) is 34.1. The van der Waals surface area contributed by atoms with E-state index in [2.05, 4.69) is 68.5 Å². The summed E-state index contributed by atoms with van der Waals surface area (Å²) >= 11 is 0. The standard InChI is InChI=1S/C38H36N6O2/c1-46-30-18-15-27(16-19-30)25-44-36(20-17-28-23-39-33-13-7-5-11-31(28)33)42-43-38(44)35(41-37(45)21-26-9-3-2-4-10-26)22-29-24-40-34-14-8-6-12-32(29)34/h2-16,18-19,23-24,35,39-40H,17,20-22,25H2,1H3,(H,41,45)/t35-/m1/s1. The van der Waals surface area contributed by atoms with Gasteiger partial charge in [-0.05, 0) is 52.9 Å². The highest BCUT2D eigenvalue weighted by atomic mass is 16.5. The number of carbonyl (C=O) groups excluding carboxylic acids is 1. The third-order valence-corrected chi connectivity index (χ3v) is 8.60. The number of para-hydroxylation sites is 2. The van der Waals surface area contributed by atoms with Gasteiger partial charge in [0.05, 0.1) is 26.1 Å². The number of nitrogens with zero attached hydrogens (tertiary/aromatic N) is 3. The molecule has 3 N–H and O–H groups in total. The number of ether oxygens (including phenoxy) is 1. The highest BCUT2D eigenvalue weighted by Crippen LogP contribution is 2.27. The third-order valence-electron chi connectivity index (χ3n) is 8.60. The smallest absolute Gasteiger partial charge is 0.225 e. The van der Waals surface area contributed by atoms with Gasteiger partial charge in [-0.25, -0.2) is 0 Å². The van der Waals surface area contributed by atoms with Crippen LogP contribution in [0.4, 0.5) is 0 Å². The predicted molar refractivity (Wildman–Crippen MR) is 181 cm³/mol. The largest absolute Gasteiger partial charge is 0.497 e. The molecule has 4 aromatic carbocycles. The molecule has 0 aliphatic carbocycles. The second-order valence-corrected chi connectivity index (χ2v) is 11.6. The van der Waals surface area contributed by atoms with Crippen LogP contribution in [-0.4, -0.2) is 37.7 Å². The topological polar surface area (TPSA) is 101 Å². The van der Waals surface area contributed by atoms with Crippen LogP contribution in [0.2, 0.25) is 0 Å². The summed E-state index contributed by atoms with van der Waals surface area (Å²) in [5.41, 5.74) is 6.59. The van der Waals surface area contributed by atoms with Gasteiger partial charge < -0.3 is 24.6 Å². The van der Waals surface area contributed by atoms with Crippen LogP contribution < -0.4 is 10.1 Å². The molecule has 7 rings (SSSR count). The molecule has 0 aliphatic rings. The molecule has 0 bridgehead atoms.